The first-order chi connectivity index (χ1) is 11.1. The second-order valence-corrected chi connectivity index (χ2v) is 7.24. The van der Waals surface area contributed by atoms with E-state index in [4.69, 9.17) is 0 Å². The first-order valence-corrected chi connectivity index (χ1v) is 8.69. The van der Waals surface area contributed by atoms with E-state index in [9.17, 15) is 9.90 Å². The Balaban J connectivity index is 2.04. The molecule has 6 heteroatoms. The molecule has 5 nitrogen and oxygen atoms in total. The smallest absolute Gasteiger partial charge is 0.329 e. The highest BCUT2D eigenvalue weighted by molar-refractivity contribution is 9.10. The minimum Gasteiger partial charge on any atom is -0.393 e. The first-order valence-electron chi connectivity index (χ1n) is 7.89. The van der Waals surface area contributed by atoms with E-state index in [-0.39, 0.29) is 17.8 Å². The molecule has 1 aromatic carbocycles. The van der Waals surface area contributed by atoms with Gasteiger partial charge in [-0.05, 0) is 43.9 Å². The molecule has 0 radical (unpaired) electrons. The average Bonchev–Trinajstić information content (AvgIpc) is 2.80. The molecule has 4 rings (SSSR count). The zero-order valence-corrected chi connectivity index (χ0v) is 14.5. The monoisotopic (exact) mass is 375 g/mol. The molecule has 3 aromatic rings. The van der Waals surface area contributed by atoms with Crippen molar-refractivity contribution in [1.29, 1.82) is 0 Å². The van der Waals surface area contributed by atoms with Crippen molar-refractivity contribution in [2.24, 2.45) is 7.05 Å². The van der Waals surface area contributed by atoms with E-state index >= 15 is 0 Å². The van der Waals surface area contributed by atoms with Crippen LogP contribution < -0.4 is 5.69 Å². The number of fused-ring (bicyclic) bond motifs is 3. The van der Waals surface area contributed by atoms with E-state index in [1.165, 1.54) is 0 Å². The Morgan fingerprint density at radius 2 is 2.00 bits per heavy atom. The van der Waals surface area contributed by atoms with Gasteiger partial charge in [0.1, 0.15) is 0 Å². The van der Waals surface area contributed by atoms with Crippen LogP contribution in [-0.4, -0.2) is 25.3 Å². The number of rotatable bonds is 1. The van der Waals surface area contributed by atoms with Gasteiger partial charge in [-0.15, -0.1) is 0 Å². The van der Waals surface area contributed by atoms with Gasteiger partial charge in [-0.25, -0.2) is 4.79 Å². The second kappa shape index (κ2) is 5.46. The number of aromatic nitrogens is 3. The number of nitrogens with zero attached hydrogens (tertiary/aromatic N) is 3. The van der Waals surface area contributed by atoms with Gasteiger partial charge in [0.2, 0.25) is 0 Å². The topological polar surface area (TPSA) is 60.0 Å². The van der Waals surface area contributed by atoms with E-state index in [1.54, 1.807) is 17.8 Å². The summed E-state index contributed by atoms with van der Waals surface area (Å²) in [5.74, 6) is 0. The first kappa shape index (κ1) is 14.9. The summed E-state index contributed by atoms with van der Waals surface area (Å²) in [6, 6.07) is 6.09. The van der Waals surface area contributed by atoms with Crippen molar-refractivity contribution >= 4 is 37.9 Å². The van der Waals surface area contributed by atoms with Crippen LogP contribution in [0.15, 0.2) is 33.7 Å². The lowest BCUT2D eigenvalue weighted by atomic mass is 9.93. The molecule has 1 fully saturated rings. The van der Waals surface area contributed by atoms with Crippen molar-refractivity contribution in [3.63, 3.8) is 0 Å². The standard InChI is InChI=1S/C17H18BrN3O2/c1-20-15-9-19-14-7-2-10(18)8-13(14)16(15)21(17(20)23)11-3-5-12(22)6-4-11/h2,7-9,11-12,22H,3-6H2,1H3/t11-,12+. The van der Waals surface area contributed by atoms with Crippen molar-refractivity contribution < 1.29 is 5.11 Å². The highest BCUT2D eigenvalue weighted by Crippen LogP contribution is 2.33. The fraction of sp³-hybridized carbons (Fsp3) is 0.412. The van der Waals surface area contributed by atoms with E-state index in [0.29, 0.717) is 0 Å². The molecule has 120 valence electrons. The number of aryl methyl sites for hydroxylation is 1. The average molecular weight is 376 g/mol. The number of hydrogen-bond donors (Lipinski definition) is 1. The highest BCUT2D eigenvalue weighted by atomic mass is 79.9. The van der Waals surface area contributed by atoms with Gasteiger partial charge >= 0.3 is 5.69 Å². The summed E-state index contributed by atoms with van der Waals surface area (Å²) in [6.45, 7) is 0. The van der Waals surface area contributed by atoms with E-state index in [1.807, 2.05) is 22.8 Å². The SMILES string of the molecule is Cn1c(=O)n([C@H]2CC[C@@H](O)CC2)c2c3cc(Br)ccc3ncc21. The second-order valence-electron chi connectivity index (χ2n) is 6.33. The van der Waals surface area contributed by atoms with Crippen LogP contribution >= 0.6 is 15.9 Å². The number of benzene rings is 1. The lowest BCUT2D eigenvalue weighted by Crippen LogP contribution is -2.29. The molecule has 0 amide bonds. The zero-order chi connectivity index (χ0) is 16.1. The Morgan fingerprint density at radius 1 is 1.26 bits per heavy atom. The molecule has 1 aliphatic carbocycles. The Morgan fingerprint density at radius 3 is 2.74 bits per heavy atom. The van der Waals surface area contributed by atoms with Crippen molar-refractivity contribution in [2.45, 2.75) is 37.8 Å². The van der Waals surface area contributed by atoms with Gasteiger partial charge in [0.25, 0.3) is 0 Å². The summed E-state index contributed by atoms with van der Waals surface area (Å²) in [7, 11) is 1.80. The van der Waals surface area contributed by atoms with Crippen LogP contribution in [0.4, 0.5) is 0 Å². The zero-order valence-electron chi connectivity index (χ0n) is 12.9. The summed E-state index contributed by atoms with van der Waals surface area (Å²) < 4.78 is 4.56. The van der Waals surface area contributed by atoms with Crippen molar-refractivity contribution in [2.75, 3.05) is 0 Å². The van der Waals surface area contributed by atoms with E-state index < -0.39 is 0 Å². The molecule has 1 saturated carbocycles. The molecule has 0 atom stereocenters. The largest absolute Gasteiger partial charge is 0.393 e. The van der Waals surface area contributed by atoms with Gasteiger partial charge in [-0.2, -0.15) is 0 Å². The molecule has 1 aliphatic rings. The third-order valence-corrected chi connectivity index (χ3v) is 5.40. The predicted molar refractivity (Wildman–Crippen MR) is 93.7 cm³/mol. The number of pyridine rings is 1. The van der Waals surface area contributed by atoms with Gasteiger partial charge in [-0.3, -0.25) is 14.1 Å². The highest BCUT2D eigenvalue weighted by Gasteiger charge is 2.25. The van der Waals surface area contributed by atoms with E-state index in [2.05, 4.69) is 20.9 Å². The number of hydrogen-bond acceptors (Lipinski definition) is 3. The summed E-state index contributed by atoms with van der Waals surface area (Å²) in [4.78, 5) is 17.3. The number of halogens is 1. The van der Waals surface area contributed by atoms with E-state index in [0.717, 1.165) is 52.1 Å². The fourth-order valence-electron chi connectivity index (χ4n) is 3.65. The maximum Gasteiger partial charge on any atom is 0.329 e. The van der Waals surface area contributed by atoms with Crippen LogP contribution in [0.3, 0.4) is 0 Å². The van der Waals surface area contributed by atoms with Crippen LogP contribution in [0, 0.1) is 0 Å². The molecule has 1 N–H and O–H groups in total. The molecule has 23 heavy (non-hydrogen) atoms. The van der Waals surface area contributed by atoms with Crippen molar-refractivity contribution in [3.8, 4) is 0 Å². The number of aliphatic hydroxyl groups excluding tert-OH is 1. The maximum absolute atomic E-state index is 12.8. The lowest BCUT2D eigenvalue weighted by Gasteiger charge is -2.26. The third-order valence-electron chi connectivity index (χ3n) is 4.91. The minimum atomic E-state index is -0.232. The van der Waals surface area contributed by atoms with Gasteiger partial charge in [0.15, 0.2) is 0 Å². The summed E-state index contributed by atoms with van der Waals surface area (Å²) in [5, 5.41) is 10.7. The molecular weight excluding hydrogens is 358 g/mol. The summed E-state index contributed by atoms with van der Waals surface area (Å²) >= 11 is 3.52. The lowest BCUT2D eigenvalue weighted by molar-refractivity contribution is 0.111. The van der Waals surface area contributed by atoms with Gasteiger partial charge in [0, 0.05) is 22.9 Å². The van der Waals surface area contributed by atoms with Crippen LogP contribution in [0.25, 0.3) is 21.9 Å². The van der Waals surface area contributed by atoms with Gasteiger partial charge < -0.3 is 5.11 Å². The number of imidazole rings is 1. The molecule has 0 unspecified atom stereocenters. The maximum atomic E-state index is 12.8. The fourth-order valence-corrected chi connectivity index (χ4v) is 4.02. The van der Waals surface area contributed by atoms with Crippen LogP contribution in [0.2, 0.25) is 0 Å². The Labute approximate surface area is 141 Å². The molecule has 0 aliphatic heterocycles. The Kier molecular flexibility index (Phi) is 3.54. The quantitative estimate of drug-likeness (QED) is 0.710. The van der Waals surface area contributed by atoms with Crippen molar-refractivity contribution in [1.82, 2.24) is 14.1 Å². The van der Waals surface area contributed by atoms with Crippen molar-refractivity contribution in [3.05, 3.63) is 39.4 Å². The number of aliphatic hydroxyl groups is 1. The Bertz CT molecular complexity index is 952. The predicted octanol–water partition coefficient (Wildman–Crippen LogP) is 3.13. The molecule has 0 saturated heterocycles. The summed E-state index contributed by atoms with van der Waals surface area (Å²) in [6.07, 6.45) is 4.71. The van der Waals surface area contributed by atoms with Crippen LogP contribution in [-0.2, 0) is 7.05 Å². The normalized spacial score (nSPS) is 22.0. The Hall–Kier alpha value is -1.66. The molecule has 2 aromatic heterocycles. The van der Waals surface area contributed by atoms with Gasteiger partial charge in [-0.1, -0.05) is 15.9 Å². The van der Waals surface area contributed by atoms with Gasteiger partial charge in [0.05, 0.1) is 28.9 Å². The third kappa shape index (κ3) is 2.32. The van der Waals surface area contributed by atoms with Crippen LogP contribution in [0.1, 0.15) is 31.7 Å². The summed E-state index contributed by atoms with van der Waals surface area (Å²) in [5.41, 5.74) is 2.68. The van der Waals surface area contributed by atoms with Crippen LogP contribution in [0.5, 0.6) is 0 Å². The molecule has 2 heterocycles. The minimum absolute atomic E-state index is 0.00401. The molecular formula is C17H18BrN3O2. The molecule has 0 bridgehead atoms. The molecule has 0 spiro atoms.